The Morgan fingerprint density at radius 1 is 0.938 bits per heavy atom. The number of nitrogens with two attached hydrogens (primary N) is 2. The van der Waals surface area contributed by atoms with E-state index in [1.807, 2.05) is 0 Å². The molecule has 0 unspecified atom stereocenters. The van der Waals surface area contributed by atoms with Crippen LogP contribution in [-0.4, -0.2) is 20.8 Å². The van der Waals surface area contributed by atoms with E-state index in [2.05, 4.69) is 0 Å². The van der Waals surface area contributed by atoms with E-state index in [0.717, 1.165) is 0 Å². The van der Waals surface area contributed by atoms with Gasteiger partial charge in [0.05, 0.1) is 0 Å². The average molecular weight is 267 g/mol. The van der Waals surface area contributed by atoms with E-state index in [4.69, 9.17) is 10.3 Å². The average Bonchev–Trinajstić information content (AvgIpc) is 2.27. The smallest absolute Gasteiger partial charge is 0.223 e. The van der Waals surface area contributed by atoms with Crippen LogP contribution in [0.4, 0.5) is 0 Å². The number of rotatable bonds is 2. The first kappa shape index (κ1) is 13.2. The summed E-state index contributed by atoms with van der Waals surface area (Å²) in [6.45, 7) is 4.53. The Morgan fingerprint density at radius 2 is 1.38 bits per heavy atom. The zero-order chi connectivity index (χ0) is 12.9. The summed E-state index contributed by atoms with van der Waals surface area (Å²) < 4.78 is 45.8. The second-order valence-corrected chi connectivity index (χ2v) is 6.37. The number of primary sulfonamides is 1. The minimum absolute atomic E-state index is 0.240. The number of sulfonamides is 1. The van der Waals surface area contributed by atoms with Crippen LogP contribution < -0.4 is 10.3 Å². The topological polar surface area (TPSA) is 125 Å². The van der Waals surface area contributed by atoms with Gasteiger partial charge in [0, 0.05) is 5.69 Å². The van der Waals surface area contributed by atoms with Gasteiger partial charge in [-0.1, -0.05) is 0 Å². The van der Waals surface area contributed by atoms with E-state index in [1.165, 1.54) is 13.8 Å². The van der Waals surface area contributed by atoms with E-state index in [1.54, 1.807) is 6.92 Å². The van der Waals surface area contributed by atoms with Gasteiger partial charge in [-0.2, -0.15) is 8.42 Å². The maximum absolute atomic E-state index is 11.3. The van der Waals surface area contributed by atoms with Crippen molar-refractivity contribution in [3.8, 4) is 0 Å². The Bertz CT molecular complexity index is 584. The number of nitrogens with zero attached hydrogens (tertiary/aromatic N) is 1. The van der Waals surface area contributed by atoms with Gasteiger partial charge in [-0.05, 0) is 31.9 Å². The lowest BCUT2D eigenvalue weighted by molar-refractivity contribution is 0.571. The van der Waals surface area contributed by atoms with Crippen LogP contribution in [0.25, 0.3) is 0 Å². The molecule has 0 atom stereocenters. The molecule has 0 amide bonds. The molecule has 0 aliphatic carbocycles. The summed E-state index contributed by atoms with van der Waals surface area (Å²) >= 11 is 0. The van der Waals surface area contributed by atoms with Gasteiger partial charge in [-0.3, -0.25) is 0 Å². The standard InChI is InChI=1S/C7H13N3O4S2/c1-4-5(2)7(15(8,11)12)10(6(4)3)16(9,13)14/h1-3H3,(H2,8,11,12)(H2,9,13,14). The van der Waals surface area contributed by atoms with Crippen molar-refractivity contribution >= 4 is 20.2 Å². The van der Waals surface area contributed by atoms with Crippen LogP contribution in [0, 0.1) is 20.8 Å². The monoisotopic (exact) mass is 267 g/mol. The van der Waals surface area contributed by atoms with Crippen LogP contribution in [0.15, 0.2) is 5.03 Å². The largest absolute Gasteiger partial charge is 0.303 e. The molecule has 16 heavy (non-hydrogen) atoms. The summed E-state index contributed by atoms with van der Waals surface area (Å²) in [5.41, 5.74) is 1.05. The maximum Gasteiger partial charge on any atom is 0.303 e. The predicted molar refractivity (Wildman–Crippen MR) is 58.5 cm³/mol. The molecule has 0 fully saturated rings. The molecule has 4 N–H and O–H groups in total. The lowest BCUT2D eigenvalue weighted by atomic mass is 10.2. The van der Waals surface area contributed by atoms with Crippen molar-refractivity contribution in [2.45, 2.75) is 25.8 Å². The first-order chi connectivity index (χ1) is 6.98. The van der Waals surface area contributed by atoms with Crippen molar-refractivity contribution in [3.63, 3.8) is 0 Å². The molecule has 1 rings (SSSR count). The van der Waals surface area contributed by atoms with Crippen LogP contribution in [0.2, 0.25) is 0 Å². The molecule has 1 aromatic rings. The zero-order valence-electron chi connectivity index (χ0n) is 9.05. The Kier molecular flexibility index (Phi) is 2.92. The van der Waals surface area contributed by atoms with Crippen molar-refractivity contribution in [3.05, 3.63) is 16.8 Å². The fourth-order valence-corrected chi connectivity index (χ4v) is 3.98. The second-order valence-electron chi connectivity index (χ2n) is 3.49. The fraction of sp³-hybridized carbons (Fsp3) is 0.429. The minimum atomic E-state index is -4.19. The second kappa shape index (κ2) is 3.55. The molecule has 9 heteroatoms. The molecule has 0 aliphatic heterocycles. The quantitative estimate of drug-likeness (QED) is 0.721. The van der Waals surface area contributed by atoms with Crippen LogP contribution in [-0.2, 0) is 20.2 Å². The van der Waals surface area contributed by atoms with Gasteiger partial charge < -0.3 is 0 Å². The lowest BCUT2D eigenvalue weighted by Gasteiger charge is -2.07. The molecule has 0 aliphatic rings. The first-order valence-electron chi connectivity index (χ1n) is 4.22. The van der Waals surface area contributed by atoms with E-state index < -0.39 is 25.3 Å². The molecule has 0 saturated heterocycles. The molecule has 1 heterocycles. The molecule has 92 valence electrons. The van der Waals surface area contributed by atoms with Gasteiger partial charge in [0.2, 0.25) is 0 Å². The Morgan fingerprint density at radius 3 is 1.62 bits per heavy atom. The fourth-order valence-electron chi connectivity index (χ4n) is 1.52. The highest BCUT2D eigenvalue weighted by atomic mass is 32.2. The summed E-state index contributed by atoms with van der Waals surface area (Å²) in [4.78, 5) is 0. The van der Waals surface area contributed by atoms with Crippen LogP contribution >= 0.6 is 0 Å². The molecular formula is C7H13N3O4S2. The summed E-state index contributed by atoms with van der Waals surface area (Å²) in [6, 6.07) is 0. The summed E-state index contributed by atoms with van der Waals surface area (Å²) in [7, 11) is -8.34. The van der Waals surface area contributed by atoms with Crippen LogP contribution in [0.1, 0.15) is 16.8 Å². The van der Waals surface area contributed by atoms with Crippen molar-refractivity contribution in [1.82, 2.24) is 3.97 Å². The van der Waals surface area contributed by atoms with Gasteiger partial charge in [-0.25, -0.2) is 22.7 Å². The van der Waals surface area contributed by atoms with E-state index in [9.17, 15) is 16.8 Å². The minimum Gasteiger partial charge on any atom is -0.223 e. The zero-order valence-corrected chi connectivity index (χ0v) is 10.7. The highest BCUT2D eigenvalue weighted by Gasteiger charge is 2.27. The molecule has 1 aromatic heterocycles. The van der Waals surface area contributed by atoms with E-state index in [-0.39, 0.29) is 11.3 Å². The van der Waals surface area contributed by atoms with Gasteiger partial charge in [-0.15, -0.1) is 0 Å². The number of hydrogen-bond acceptors (Lipinski definition) is 4. The number of aromatic nitrogens is 1. The Balaban J connectivity index is 3.96. The van der Waals surface area contributed by atoms with Gasteiger partial charge >= 0.3 is 10.2 Å². The third kappa shape index (κ3) is 1.98. The summed E-state index contributed by atoms with van der Waals surface area (Å²) in [6.07, 6.45) is 0. The van der Waals surface area contributed by atoms with Crippen LogP contribution in [0.3, 0.4) is 0 Å². The van der Waals surface area contributed by atoms with Gasteiger partial charge in [0.1, 0.15) is 0 Å². The van der Waals surface area contributed by atoms with Gasteiger partial charge in [0.15, 0.2) is 5.03 Å². The van der Waals surface area contributed by atoms with E-state index in [0.29, 0.717) is 9.54 Å². The van der Waals surface area contributed by atoms with Crippen LogP contribution in [0.5, 0.6) is 0 Å². The Hall–Kier alpha value is -0.900. The molecule has 0 radical (unpaired) electrons. The SMILES string of the molecule is Cc1c(C)c(S(N)(=O)=O)n(S(N)(=O)=O)c1C. The van der Waals surface area contributed by atoms with Crippen molar-refractivity contribution in [2.24, 2.45) is 10.3 Å². The Labute approximate surface area is 94.3 Å². The highest BCUT2D eigenvalue weighted by Crippen LogP contribution is 2.25. The molecule has 0 spiro atoms. The number of hydrogen-bond donors (Lipinski definition) is 2. The third-order valence-electron chi connectivity index (χ3n) is 2.44. The molecule has 0 aromatic carbocycles. The molecular weight excluding hydrogens is 254 g/mol. The normalized spacial score (nSPS) is 13.1. The molecule has 0 bridgehead atoms. The van der Waals surface area contributed by atoms with Gasteiger partial charge in [0.25, 0.3) is 10.0 Å². The van der Waals surface area contributed by atoms with E-state index >= 15 is 0 Å². The van der Waals surface area contributed by atoms with Crippen molar-refractivity contribution < 1.29 is 16.8 Å². The maximum atomic E-state index is 11.3. The molecule has 0 saturated carbocycles. The molecule has 7 nitrogen and oxygen atoms in total. The first-order valence-corrected chi connectivity index (χ1v) is 7.27. The predicted octanol–water partition coefficient (Wildman–Crippen LogP) is -0.888. The third-order valence-corrected chi connectivity index (χ3v) is 4.55. The summed E-state index contributed by atoms with van der Waals surface area (Å²) in [5.74, 6) is 0. The highest BCUT2D eigenvalue weighted by molar-refractivity contribution is 7.91. The van der Waals surface area contributed by atoms with Crippen molar-refractivity contribution in [2.75, 3.05) is 0 Å². The lowest BCUT2D eigenvalue weighted by Crippen LogP contribution is -2.28. The van der Waals surface area contributed by atoms with Crippen molar-refractivity contribution in [1.29, 1.82) is 0 Å². The summed E-state index contributed by atoms with van der Waals surface area (Å²) in [5, 5.41) is 9.44.